The molecule has 0 radical (unpaired) electrons. The molecule has 1 heterocycles. The molecule has 0 bridgehead atoms. The van der Waals surface area contributed by atoms with Crippen LogP contribution in [-0.4, -0.2) is 17.8 Å². The Balaban J connectivity index is 2.03. The minimum absolute atomic E-state index is 0.0694. The number of carbonyl (C=O) groups excluding carboxylic acids is 3. The SMILES string of the molecule is CCCCCCCCC1(C2CCCCC2)C(=O)NC(=O)NC1=O. The molecule has 0 unspecified atom stereocenters. The Morgan fingerprint density at radius 3 is 2.04 bits per heavy atom. The number of unbranched alkanes of at least 4 members (excludes halogenated alkanes) is 5. The lowest BCUT2D eigenvalue weighted by molar-refractivity contribution is -0.150. The molecular formula is C18H30N2O3. The molecule has 1 aliphatic carbocycles. The lowest BCUT2D eigenvalue weighted by atomic mass is 9.64. The van der Waals surface area contributed by atoms with Crippen LogP contribution >= 0.6 is 0 Å². The Bertz CT molecular complexity index is 422. The van der Waals surface area contributed by atoms with E-state index in [0.717, 1.165) is 44.9 Å². The monoisotopic (exact) mass is 322 g/mol. The Kier molecular flexibility index (Phi) is 6.60. The highest BCUT2D eigenvalue weighted by molar-refractivity contribution is 6.19. The van der Waals surface area contributed by atoms with Gasteiger partial charge in [-0.15, -0.1) is 0 Å². The largest absolute Gasteiger partial charge is 0.328 e. The van der Waals surface area contributed by atoms with Crippen molar-refractivity contribution in [1.29, 1.82) is 0 Å². The standard InChI is InChI=1S/C18H30N2O3/c1-2-3-4-5-6-10-13-18(14-11-8-7-9-12-14)15(21)19-17(23)20-16(18)22/h14H,2-13H2,1H3,(H2,19,20,21,22,23). The molecule has 2 N–H and O–H groups in total. The van der Waals surface area contributed by atoms with E-state index < -0.39 is 11.4 Å². The van der Waals surface area contributed by atoms with Crippen LogP contribution in [0.25, 0.3) is 0 Å². The molecule has 5 heteroatoms. The molecule has 0 aromatic rings. The third-order valence-corrected chi connectivity index (χ3v) is 5.49. The molecule has 4 amide bonds. The first-order chi connectivity index (χ1) is 11.1. The second-order valence-electron chi connectivity index (χ2n) is 7.06. The Morgan fingerprint density at radius 1 is 0.870 bits per heavy atom. The average molecular weight is 322 g/mol. The molecule has 0 atom stereocenters. The van der Waals surface area contributed by atoms with Crippen molar-refractivity contribution in [3.8, 4) is 0 Å². The van der Waals surface area contributed by atoms with Gasteiger partial charge in [0, 0.05) is 0 Å². The fourth-order valence-electron chi connectivity index (χ4n) is 4.15. The van der Waals surface area contributed by atoms with E-state index in [9.17, 15) is 14.4 Å². The van der Waals surface area contributed by atoms with Crippen molar-refractivity contribution < 1.29 is 14.4 Å². The number of imide groups is 2. The van der Waals surface area contributed by atoms with Gasteiger partial charge in [0.15, 0.2) is 0 Å². The smallest absolute Gasteiger partial charge is 0.277 e. The predicted octanol–water partition coefficient (Wildman–Crippen LogP) is 3.67. The molecule has 1 saturated carbocycles. The Hall–Kier alpha value is -1.39. The van der Waals surface area contributed by atoms with Gasteiger partial charge in [0.1, 0.15) is 5.41 Å². The van der Waals surface area contributed by atoms with Crippen LogP contribution in [0.2, 0.25) is 0 Å². The van der Waals surface area contributed by atoms with Gasteiger partial charge in [0.25, 0.3) is 0 Å². The molecule has 1 saturated heterocycles. The van der Waals surface area contributed by atoms with Crippen LogP contribution in [0.1, 0.15) is 84.0 Å². The van der Waals surface area contributed by atoms with E-state index in [1.165, 1.54) is 25.7 Å². The zero-order valence-electron chi connectivity index (χ0n) is 14.3. The van der Waals surface area contributed by atoms with Crippen LogP contribution < -0.4 is 10.6 Å². The molecule has 2 aliphatic rings. The van der Waals surface area contributed by atoms with Gasteiger partial charge >= 0.3 is 6.03 Å². The van der Waals surface area contributed by atoms with Crippen LogP contribution in [-0.2, 0) is 9.59 Å². The van der Waals surface area contributed by atoms with Gasteiger partial charge in [0.2, 0.25) is 11.8 Å². The minimum atomic E-state index is -1.03. The quantitative estimate of drug-likeness (QED) is 0.529. The number of rotatable bonds is 8. The molecule has 0 aromatic carbocycles. The van der Waals surface area contributed by atoms with Gasteiger partial charge in [-0.3, -0.25) is 20.2 Å². The number of amides is 4. The number of urea groups is 1. The summed E-state index contributed by atoms with van der Waals surface area (Å²) in [6.07, 6.45) is 12.4. The third-order valence-electron chi connectivity index (χ3n) is 5.49. The first-order valence-electron chi connectivity index (χ1n) is 9.28. The fourth-order valence-corrected chi connectivity index (χ4v) is 4.15. The topological polar surface area (TPSA) is 75.3 Å². The van der Waals surface area contributed by atoms with Gasteiger partial charge in [-0.05, 0) is 25.2 Å². The van der Waals surface area contributed by atoms with Gasteiger partial charge in [-0.1, -0.05) is 64.7 Å². The molecule has 130 valence electrons. The fraction of sp³-hybridized carbons (Fsp3) is 0.833. The second-order valence-corrected chi connectivity index (χ2v) is 7.06. The molecule has 0 aromatic heterocycles. The Labute approximate surface area is 139 Å². The van der Waals surface area contributed by atoms with E-state index in [1.807, 2.05) is 0 Å². The summed E-state index contributed by atoms with van der Waals surface area (Å²) in [5, 5.41) is 4.70. The Morgan fingerprint density at radius 2 is 1.43 bits per heavy atom. The first kappa shape index (κ1) is 18.0. The number of carbonyl (C=O) groups is 3. The number of hydrogen-bond acceptors (Lipinski definition) is 3. The van der Waals surface area contributed by atoms with Crippen LogP contribution in [0.3, 0.4) is 0 Å². The van der Waals surface area contributed by atoms with Crippen molar-refractivity contribution in [3.63, 3.8) is 0 Å². The lowest BCUT2D eigenvalue weighted by Crippen LogP contribution is -2.65. The van der Waals surface area contributed by atoms with Gasteiger partial charge in [0.05, 0.1) is 0 Å². The van der Waals surface area contributed by atoms with Crippen molar-refractivity contribution in [1.82, 2.24) is 10.6 Å². The van der Waals surface area contributed by atoms with Gasteiger partial charge in [-0.2, -0.15) is 0 Å². The van der Waals surface area contributed by atoms with Crippen LogP contribution in [0, 0.1) is 11.3 Å². The maximum atomic E-state index is 12.6. The highest BCUT2D eigenvalue weighted by atomic mass is 16.2. The average Bonchev–Trinajstić information content (AvgIpc) is 2.54. The summed E-state index contributed by atoms with van der Waals surface area (Å²) in [7, 11) is 0. The highest BCUT2D eigenvalue weighted by Gasteiger charge is 2.54. The maximum absolute atomic E-state index is 12.6. The summed E-state index contributed by atoms with van der Waals surface area (Å²) in [6, 6.07) is -0.672. The molecule has 2 fully saturated rings. The van der Waals surface area contributed by atoms with E-state index in [4.69, 9.17) is 0 Å². The third kappa shape index (κ3) is 4.12. The maximum Gasteiger partial charge on any atom is 0.328 e. The molecule has 5 nitrogen and oxygen atoms in total. The van der Waals surface area contributed by atoms with Crippen molar-refractivity contribution in [2.45, 2.75) is 84.0 Å². The van der Waals surface area contributed by atoms with E-state index in [0.29, 0.717) is 6.42 Å². The summed E-state index contributed by atoms with van der Waals surface area (Å²) in [6.45, 7) is 2.19. The van der Waals surface area contributed by atoms with Crippen LogP contribution in [0.15, 0.2) is 0 Å². The summed E-state index contributed by atoms with van der Waals surface area (Å²) >= 11 is 0. The zero-order valence-corrected chi connectivity index (χ0v) is 14.3. The van der Waals surface area contributed by atoms with Crippen molar-refractivity contribution in [2.24, 2.45) is 11.3 Å². The summed E-state index contributed by atoms with van der Waals surface area (Å²) in [4.78, 5) is 36.7. The van der Waals surface area contributed by atoms with Gasteiger partial charge in [-0.25, -0.2) is 4.79 Å². The van der Waals surface area contributed by atoms with Crippen molar-refractivity contribution >= 4 is 17.8 Å². The predicted molar refractivity (Wildman–Crippen MR) is 88.7 cm³/mol. The first-order valence-corrected chi connectivity index (χ1v) is 9.28. The van der Waals surface area contributed by atoms with Crippen LogP contribution in [0.4, 0.5) is 4.79 Å². The summed E-state index contributed by atoms with van der Waals surface area (Å²) < 4.78 is 0. The van der Waals surface area contributed by atoms with E-state index in [-0.39, 0.29) is 17.7 Å². The molecular weight excluding hydrogens is 292 g/mol. The zero-order chi connectivity index (χ0) is 16.7. The number of hydrogen-bond donors (Lipinski definition) is 2. The molecule has 0 spiro atoms. The van der Waals surface area contributed by atoms with Crippen LogP contribution in [0.5, 0.6) is 0 Å². The molecule has 23 heavy (non-hydrogen) atoms. The highest BCUT2D eigenvalue weighted by Crippen LogP contribution is 2.44. The van der Waals surface area contributed by atoms with Crippen molar-refractivity contribution in [2.75, 3.05) is 0 Å². The summed E-state index contributed by atoms with van der Waals surface area (Å²) in [5.41, 5.74) is -1.03. The normalized spacial score (nSPS) is 21.9. The second kappa shape index (κ2) is 8.46. The lowest BCUT2D eigenvalue weighted by Gasteiger charge is -2.42. The molecule has 2 rings (SSSR count). The van der Waals surface area contributed by atoms with E-state index >= 15 is 0 Å². The minimum Gasteiger partial charge on any atom is -0.277 e. The summed E-state index contributed by atoms with van der Waals surface area (Å²) in [5.74, 6) is -0.668. The number of nitrogens with one attached hydrogen (secondary N) is 2. The molecule has 1 aliphatic heterocycles. The van der Waals surface area contributed by atoms with E-state index in [1.54, 1.807) is 0 Å². The number of barbiturate groups is 1. The van der Waals surface area contributed by atoms with E-state index in [2.05, 4.69) is 17.6 Å². The van der Waals surface area contributed by atoms with Gasteiger partial charge < -0.3 is 0 Å². The van der Waals surface area contributed by atoms with Crippen molar-refractivity contribution in [3.05, 3.63) is 0 Å².